The van der Waals surface area contributed by atoms with Crippen molar-refractivity contribution in [2.45, 2.75) is 0 Å². The number of carboxylic acids is 1. The standard InChI is InChI=1S/C12H8FNO3/c13-8-3-5-9(6-4-8)17-10-2-1-7-14-11(10)12(15)16/h1-7H,(H,15,16). The number of hydrogen-bond donors (Lipinski definition) is 1. The minimum atomic E-state index is -1.18. The number of aromatic carboxylic acids is 1. The van der Waals surface area contributed by atoms with E-state index in [1.165, 1.54) is 36.5 Å². The first-order chi connectivity index (χ1) is 8.16. The number of carboxylic acid groups (broad SMARTS) is 1. The molecule has 0 aliphatic rings. The molecule has 0 radical (unpaired) electrons. The Hall–Kier alpha value is -2.43. The number of pyridine rings is 1. The van der Waals surface area contributed by atoms with Crippen molar-refractivity contribution in [1.29, 1.82) is 0 Å². The number of rotatable bonds is 3. The highest BCUT2D eigenvalue weighted by atomic mass is 19.1. The van der Waals surface area contributed by atoms with Crippen LogP contribution in [0.5, 0.6) is 11.5 Å². The first kappa shape index (κ1) is 11.1. The fourth-order valence-electron chi connectivity index (χ4n) is 1.26. The van der Waals surface area contributed by atoms with Gasteiger partial charge >= 0.3 is 5.97 Å². The summed E-state index contributed by atoms with van der Waals surface area (Å²) in [6.07, 6.45) is 1.36. The topological polar surface area (TPSA) is 59.4 Å². The summed E-state index contributed by atoms with van der Waals surface area (Å²) < 4.78 is 18.0. The summed E-state index contributed by atoms with van der Waals surface area (Å²) in [5.41, 5.74) is -0.183. The first-order valence-corrected chi connectivity index (χ1v) is 4.78. The number of aromatic nitrogens is 1. The van der Waals surface area contributed by atoms with Crippen LogP contribution in [0.4, 0.5) is 4.39 Å². The molecule has 0 saturated heterocycles. The molecule has 2 rings (SSSR count). The maximum atomic E-state index is 12.7. The van der Waals surface area contributed by atoms with Crippen LogP contribution in [-0.4, -0.2) is 16.1 Å². The largest absolute Gasteiger partial charge is 0.476 e. The smallest absolute Gasteiger partial charge is 0.358 e. The molecule has 2 aromatic rings. The Kier molecular flexibility index (Phi) is 3.00. The highest BCUT2D eigenvalue weighted by Crippen LogP contribution is 2.23. The molecule has 0 unspecified atom stereocenters. The van der Waals surface area contributed by atoms with Gasteiger partial charge in [0.1, 0.15) is 11.6 Å². The molecule has 0 fully saturated rings. The normalized spacial score (nSPS) is 9.94. The Morgan fingerprint density at radius 1 is 1.24 bits per heavy atom. The van der Waals surface area contributed by atoms with Crippen LogP contribution in [0.25, 0.3) is 0 Å². The van der Waals surface area contributed by atoms with Crippen molar-refractivity contribution >= 4 is 5.97 Å². The Bertz CT molecular complexity index is 540. The molecule has 0 spiro atoms. The Morgan fingerprint density at radius 3 is 2.59 bits per heavy atom. The predicted molar refractivity (Wildman–Crippen MR) is 57.7 cm³/mol. The molecule has 17 heavy (non-hydrogen) atoms. The molecule has 1 aromatic heterocycles. The van der Waals surface area contributed by atoms with E-state index in [2.05, 4.69) is 4.98 Å². The molecule has 1 heterocycles. The molecule has 0 bridgehead atoms. The quantitative estimate of drug-likeness (QED) is 0.885. The van der Waals surface area contributed by atoms with Crippen LogP contribution in [0.1, 0.15) is 10.5 Å². The van der Waals surface area contributed by atoms with Crippen LogP contribution in [0.15, 0.2) is 42.6 Å². The van der Waals surface area contributed by atoms with Crippen LogP contribution >= 0.6 is 0 Å². The van der Waals surface area contributed by atoms with Gasteiger partial charge in [-0.3, -0.25) is 0 Å². The molecular weight excluding hydrogens is 225 g/mol. The van der Waals surface area contributed by atoms with Crippen molar-refractivity contribution in [3.8, 4) is 11.5 Å². The predicted octanol–water partition coefficient (Wildman–Crippen LogP) is 2.71. The number of nitrogens with zero attached hydrogens (tertiary/aromatic N) is 1. The van der Waals surface area contributed by atoms with Gasteiger partial charge in [0.2, 0.25) is 0 Å². The average Bonchev–Trinajstić information content (AvgIpc) is 2.32. The third kappa shape index (κ3) is 2.57. The second-order valence-corrected chi connectivity index (χ2v) is 3.21. The van der Waals surface area contributed by atoms with Crippen molar-refractivity contribution in [3.63, 3.8) is 0 Å². The van der Waals surface area contributed by atoms with Gasteiger partial charge in [-0.2, -0.15) is 0 Å². The maximum absolute atomic E-state index is 12.7. The zero-order chi connectivity index (χ0) is 12.3. The summed E-state index contributed by atoms with van der Waals surface area (Å²) in [7, 11) is 0. The third-order valence-corrected chi connectivity index (χ3v) is 2.01. The highest BCUT2D eigenvalue weighted by Gasteiger charge is 2.12. The van der Waals surface area contributed by atoms with E-state index in [0.29, 0.717) is 5.75 Å². The van der Waals surface area contributed by atoms with Gasteiger partial charge in [-0.25, -0.2) is 14.2 Å². The van der Waals surface area contributed by atoms with Gasteiger partial charge in [0.15, 0.2) is 11.4 Å². The van der Waals surface area contributed by atoms with Crippen LogP contribution in [0, 0.1) is 5.82 Å². The summed E-state index contributed by atoms with van der Waals surface area (Å²) in [5.74, 6) is -1.10. The van der Waals surface area contributed by atoms with Crippen LogP contribution < -0.4 is 4.74 Å². The molecular formula is C12H8FNO3. The second-order valence-electron chi connectivity index (χ2n) is 3.21. The van der Waals surface area contributed by atoms with Gasteiger partial charge in [-0.1, -0.05) is 0 Å². The lowest BCUT2D eigenvalue weighted by Crippen LogP contribution is -2.02. The van der Waals surface area contributed by atoms with Crippen LogP contribution in [0.3, 0.4) is 0 Å². The Morgan fingerprint density at radius 2 is 1.94 bits per heavy atom. The van der Waals surface area contributed by atoms with E-state index >= 15 is 0 Å². The second kappa shape index (κ2) is 4.61. The fourth-order valence-corrected chi connectivity index (χ4v) is 1.26. The molecule has 0 aliphatic heterocycles. The van der Waals surface area contributed by atoms with Gasteiger partial charge < -0.3 is 9.84 Å². The van der Waals surface area contributed by atoms with E-state index < -0.39 is 5.97 Å². The number of carbonyl (C=O) groups is 1. The van der Waals surface area contributed by atoms with E-state index in [1.807, 2.05) is 0 Å². The lowest BCUT2D eigenvalue weighted by molar-refractivity contribution is 0.0687. The summed E-state index contributed by atoms with van der Waals surface area (Å²) in [6.45, 7) is 0. The zero-order valence-corrected chi connectivity index (χ0v) is 8.63. The molecule has 4 nitrogen and oxygen atoms in total. The van der Waals surface area contributed by atoms with Crippen molar-refractivity contribution in [2.24, 2.45) is 0 Å². The zero-order valence-electron chi connectivity index (χ0n) is 8.63. The number of benzene rings is 1. The van der Waals surface area contributed by atoms with Gasteiger partial charge in [0.25, 0.3) is 0 Å². The Labute approximate surface area is 96.3 Å². The fraction of sp³-hybridized carbons (Fsp3) is 0. The Balaban J connectivity index is 2.30. The SMILES string of the molecule is O=C(O)c1ncccc1Oc1ccc(F)cc1. The molecule has 1 aromatic carbocycles. The van der Waals surface area contributed by atoms with Gasteiger partial charge in [0, 0.05) is 6.20 Å². The summed E-state index contributed by atoms with van der Waals surface area (Å²) in [5, 5.41) is 8.89. The molecule has 0 aliphatic carbocycles. The molecule has 0 saturated carbocycles. The van der Waals surface area contributed by atoms with E-state index in [9.17, 15) is 9.18 Å². The van der Waals surface area contributed by atoms with E-state index in [4.69, 9.17) is 9.84 Å². The van der Waals surface area contributed by atoms with Gasteiger partial charge in [-0.15, -0.1) is 0 Å². The number of hydrogen-bond acceptors (Lipinski definition) is 3. The minimum Gasteiger partial charge on any atom is -0.476 e. The molecule has 86 valence electrons. The maximum Gasteiger partial charge on any atom is 0.358 e. The molecule has 5 heteroatoms. The van der Waals surface area contributed by atoms with Gasteiger partial charge in [-0.05, 0) is 36.4 Å². The van der Waals surface area contributed by atoms with Gasteiger partial charge in [0.05, 0.1) is 0 Å². The summed E-state index contributed by atoms with van der Waals surface area (Å²) in [6, 6.07) is 8.32. The minimum absolute atomic E-state index is 0.117. The van der Waals surface area contributed by atoms with Crippen molar-refractivity contribution < 1.29 is 19.0 Å². The van der Waals surface area contributed by atoms with E-state index in [0.717, 1.165) is 0 Å². The monoisotopic (exact) mass is 233 g/mol. The van der Waals surface area contributed by atoms with Crippen LogP contribution in [0.2, 0.25) is 0 Å². The lowest BCUT2D eigenvalue weighted by Gasteiger charge is -2.07. The summed E-state index contributed by atoms with van der Waals surface area (Å²) >= 11 is 0. The molecule has 0 atom stereocenters. The van der Waals surface area contributed by atoms with Crippen molar-refractivity contribution in [2.75, 3.05) is 0 Å². The van der Waals surface area contributed by atoms with Crippen LogP contribution in [-0.2, 0) is 0 Å². The average molecular weight is 233 g/mol. The van der Waals surface area contributed by atoms with E-state index in [1.54, 1.807) is 6.07 Å². The lowest BCUT2D eigenvalue weighted by atomic mass is 10.3. The van der Waals surface area contributed by atoms with Crippen molar-refractivity contribution in [3.05, 3.63) is 54.1 Å². The van der Waals surface area contributed by atoms with Crippen molar-refractivity contribution in [1.82, 2.24) is 4.98 Å². The number of halogens is 1. The molecule has 1 N–H and O–H groups in total. The third-order valence-electron chi connectivity index (χ3n) is 2.01. The first-order valence-electron chi connectivity index (χ1n) is 4.78. The highest BCUT2D eigenvalue weighted by molar-refractivity contribution is 5.88. The summed E-state index contributed by atoms with van der Waals surface area (Å²) in [4.78, 5) is 14.6. The molecule has 0 amide bonds. The number of ether oxygens (including phenoxy) is 1. The van der Waals surface area contributed by atoms with E-state index in [-0.39, 0.29) is 17.3 Å².